The number of amides is 2. The van der Waals surface area contributed by atoms with Crippen molar-refractivity contribution in [2.75, 3.05) is 37.8 Å². The van der Waals surface area contributed by atoms with E-state index in [1.165, 1.54) is 0 Å². The van der Waals surface area contributed by atoms with Crippen molar-refractivity contribution in [1.82, 2.24) is 15.6 Å². The Balaban J connectivity index is 1.76. The molecule has 1 saturated carbocycles. The van der Waals surface area contributed by atoms with Crippen molar-refractivity contribution in [1.29, 1.82) is 0 Å². The van der Waals surface area contributed by atoms with Gasteiger partial charge in [0.15, 0.2) is 0 Å². The number of anilines is 1. The molecule has 0 aromatic carbocycles. The summed E-state index contributed by atoms with van der Waals surface area (Å²) in [6, 6.07) is 3.29. The van der Waals surface area contributed by atoms with Gasteiger partial charge in [0, 0.05) is 6.54 Å². The molecule has 2 aliphatic rings. The van der Waals surface area contributed by atoms with Gasteiger partial charge in [0.05, 0.1) is 26.4 Å². The van der Waals surface area contributed by atoms with Crippen LogP contribution in [0, 0.1) is 5.92 Å². The molecule has 1 aromatic rings. The van der Waals surface area contributed by atoms with Crippen molar-refractivity contribution in [3.8, 4) is 5.88 Å². The Kier molecular flexibility index (Phi) is 7.56. The summed E-state index contributed by atoms with van der Waals surface area (Å²) in [6.45, 7) is 5.88. The molecule has 2 amide bonds. The Morgan fingerprint density at radius 1 is 1.28 bits per heavy atom. The largest absolute Gasteiger partial charge is 0.476 e. The van der Waals surface area contributed by atoms with Crippen LogP contribution in [-0.4, -0.2) is 60.9 Å². The first kappa shape index (κ1) is 24.2. The molecule has 3 rings (SSSR count). The lowest BCUT2D eigenvalue weighted by atomic mass is 9.91. The predicted molar refractivity (Wildman–Crippen MR) is 119 cm³/mol. The number of hydrogen-bond acceptors (Lipinski definition) is 5. The normalized spacial score (nSPS) is 17.5. The molecule has 32 heavy (non-hydrogen) atoms. The van der Waals surface area contributed by atoms with Gasteiger partial charge in [-0.1, -0.05) is 13.8 Å². The summed E-state index contributed by atoms with van der Waals surface area (Å²) in [5, 5.41) is 5.53. The molecule has 0 bridgehead atoms. The van der Waals surface area contributed by atoms with E-state index in [2.05, 4.69) is 15.6 Å². The summed E-state index contributed by atoms with van der Waals surface area (Å²) in [6.07, 6.45) is 3.19. The van der Waals surface area contributed by atoms with E-state index < -0.39 is 23.8 Å². The third-order valence-electron chi connectivity index (χ3n) is 6.20. The van der Waals surface area contributed by atoms with Gasteiger partial charge in [0.25, 0.3) is 5.91 Å². The maximum absolute atomic E-state index is 14.0. The zero-order valence-corrected chi connectivity index (χ0v) is 19.2. The zero-order chi connectivity index (χ0) is 23.4. The van der Waals surface area contributed by atoms with E-state index >= 15 is 0 Å². The lowest BCUT2D eigenvalue weighted by Gasteiger charge is -2.44. The van der Waals surface area contributed by atoms with Gasteiger partial charge in [0.2, 0.25) is 11.8 Å². The standard InChI is InChI=1S/C23H34F2N4O3/c1-4-23(5-2,21(31)26-12-6-11-24)28-19(30)17-9-10-18(29-14-22(3,25)15-29)20(27-17)32-13-16-7-8-16/h9-10,16H,4-8,11-15H2,1-3H3,(H,26,31)(H,28,30). The van der Waals surface area contributed by atoms with Gasteiger partial charge >= 0.3 is 0 Å². The van der Waals surface area contributed by atoms with E-state index in [0.29, 0.717) is 36.9 Å². The number of alkyl halides is 2. The van der Waals surface area contributed by atoms with Crippen molar-refractivity contribution < 1.29 is 23.1 Å². The summed E-state index contributed by atoms with van der Waals surface area (Å²) >= 11 is 0. The number of hydrogen-bond donors (Lipinski definition) is 2. The highest BCUT2D eigenvalue weighted by Gasteiger charge is 2.41. The minimum atomic E-state index is -1.25. The molecule has 0 unspecified atom stereocenters. The Labute approximate surface area is 188 Å². The average molecular weight is 453 g/mol. The number of nitrogens with one attached hydrogen (secondary N) is 2. The molecule has 178 valence electrons. The Morgan fingerprint density at radius 2 is 1.97 bits per heavy atom. The summed E-state index contributed by atoms with van der Waals surface area (Å²) in [5.41, 5.74) is -1.57. The van der Waals surface area contributed by atoms with E-state index in [9.17, 15) is 18.4 Å². The van der Waals surface area contributed by atoms with Gasteiger partial charge in [-0.3, -0.25) is 14.0 Å². The third kappa shape index (κ3) is 5.66. The number of carbonyl (C=O) groups excluding carboxylic acids is 2. The smallest absolute Gasteiger partial charge is 0.270 e. The highest BCUT2D eigenvalue weighted by Crippen LogP contribution is 2.37. The fourth-order valence-electron chi connectivity index (χ4n) is 3.83. The van der Waals surface area contributed by atoms with Crippen molar-refractivity contribution in [2.24, 2.45) is 5.92 Å². The minimum Gasteiger partial charge on any atom is -0.476 e. The van der Waals surface area contributed by atoms with Crippen LogP contribution in [0.15, 0.2) is 12.1 Å². The second-order valence-corrected chi connectivity index (χ2v) is 9.09. The molecule has 0 radical (unpaired) electrons. The topological polar surface area (TPSA) is 83.6 Å². The summed E-state index contributed by atoms with van der Waals surface area (Å²) in [7, 11) is 0. The summed E-state index contributed by atoms with van der Waals surface area (Å²) in [5.74, 6) is -0.0260. The molecule has 2 heterocycles. The van der Waals surface area contributed by atoms with Crippen molar-refractivity contribution >= 4 is 17.5 Å². The second-order valence-electron chi connectivity index (χ2n) is 9.09. The van der Waals surface area contributed by atoms with Gasteiger partial charge in [0.1, 0.15) is 22.6 Å². The first-order valence-corrected chi connectivity index (χ1v) is 11.5. The monoisotopic (exact) mass is 452 g/mol. The number of ether oxygens (including phenoxy) is 1. The van der Waals surface area contributed by atoms with E-state index in [0.717, 1.165) is 12.8 Å². The Morgan fingerprint density at radius 3 is 2.53 bits per heavy atom. The van der Waals surface area contributed by atoms with Gasteiger partial charge in [-0.2, -0.15) is 0 Å². The van der Waals surface area contributed by atoms with Crippen molar-refractivity contribution in [3.63, 3.8) is 0 Å². The van der Waals surface area contributed by atoms with Crippen molar-refractivity contribution in [3.05, 3.63) is 17.8 Å². The molecule has 7 nitrogen and oxygen atoms in total. The predicted octanol–water partition coefficient (Wildman–Crippen LogP) is 3.18. The van der Waals surface area contributed by atoms with Crippen LogP contribution < -0.4 is 20.3 Å². The minimum absolute atomic E-state index is 0.130. The van der Waals surface area contributed by atoms with Crippen LogP contribution in [0.3, 0.4) is 0 Å². The number of pyridine rings is 1. The SMILES string of the molecule is CCC(CC)(NC(=O)c1ccc(N2CC(C)(F)C2)c(OCC2CC2)n1)C(=O)NCCCF. The quantitative estimate of drug-likeness (QED) is 0.476. The molecular weight excluding hydrogens is 418 g/mol. The van der Waals surface area contributed by atoms with Crippen LogP contribution in [0.1, 0.15) is 63.4 Å². The number of rotatable bonds is 12. The molecule has 0 spiro atoms. The van der Waals surface area contributed by atoms with Crippen LogP contribution in [0.25, 0.3) is 0 Å². The van der Waals surface area contributed by atoms with E-state index in [4.69, 9.17) is 4.74 Å². The Bertz CT molecular complexity index is 817. The van der Waals surface area contributed by atoms with Gasteiger partial charge in [-0.15, -0.1) is 0 Å². The molecule has 9 heteroatoms. The highest BCUT2D eigenvalue weighted by atomic mass is 19.1. The lowest BCUT2D eigenvalue weighted by molar-refractivity contribution is -0.127. The van der Waals surface area contributed by atoms with Gasteiger partial charge in [-0.25, -0.2) is 9.37 Å². The van der Waals surface area contributed by atoms with E-state index in [1.807, 2.05) is 18.7 Å². The van der Waals surface area contributed by atoms with E-state index in [-0.39, 0.29) is 37.7 Å². The molecule has 1 saturated heterocycles. The molecule has 2 fully saturated rings. The van der Waals surface area contributed by atoms with Crippen LogP contribution in [0.2, 0.25) is 0 Å². The molecular formula is C23H34F2N4O3. The molecule has 1 aromatic heterocycles. The molecule has 1 aliphatic heterocycles. The third-order valence-corrected chi connectivity index (χ3v) is 6.20. The number of carbonyl (C=O) groups is 2. The number of halogens is 2. The number of aromatic nitrogens is 1. The van der Waals surface area contributed by atoms with Crippen molar-refractivity contribution in [2.45, 2.75) is 64.1 Å². The fourth-order valence-corrected chi connectivity index (χ4v) is 3.83. The Hall–Kier alpha value is -2.45. The highest BCUT2D eigenvalue weighted by molar-refractivity contribution is 5.98. The van der Waals surface area contributed by atoms with Crippen LogP contribution in [-0.2, 0) is 4.79 Å². The lowest BCUT2D eigenvalue weighted by Crippen LogP contribution is -2.58. The van der Waals surface area contributed by atoms with Crippen LogP contribution in [0.4, 0.5) is 14.5 Å². The maximum Gasteiger partial charge on any atom is 0.270 e. The van der Waals surface area contributed by atoms with Gasteiger partial charge < -0.3 is 20.3 Å². The average Bonchev–Trinajstić information content (AvgIpc) is 3.58. The fraction of sp³-hybridized carbons (Fsp3) is 0.696. The van der Waals surface area contributed by atoms with Gasteiger partial charge in [-0.05, 0) is 57.1 Å². The molecule has 1 aliphatic carbocycles. The maximum atomic E-state index is 14.0. The molecule has 2 N–H and O–H groups in total. The number of nitrogens with zero attached hydrogens (tertiary/aromatic N) is 2. The molecule has 0 atom stereocenters. The first-order valence-electron chi connectivity index (χ1n) is 11.5. The first-order chi connectivity index (χ1) is 15.2. The van der Waals surface area contributed by atoms with E-state index in [1.54, 1.807) is 19.1 Å². The summed E-state index contributed by atoms with van der Waals surface area (Å²) in [4.78, 5) is 32.1. The van der Waals surface area contributed by atoms with Crippen LogP contribution in [0.5, 0.6) is 5.88 Å². The second kappa shape index (κ2) is 10.0. The van der Waals surface area contributed by atoms with Crippen LogP contribution >= 0.6 is 0 Å². The summed E-state index contributed by atoms with van der Waals surface area (Å²) < 4.78 is 32.3. The zero-order valence-electron chi connectivity index (χ0n) is 19.2.